The third-order valence-electron chi connectivity index (χ3n) is 3.16. The van der Waals surface area contributed by atoms with Crippen LogP contribution in [0.25, 0.3) is 0 Å². The molecule has 0 atom stereocenters. The van der Waals surface area contributed by atoms with Crippen molar-refractivity contribution in [1.29, 1.82) is 0 Å². The molecule has 2 nitrogen and oxygen atoms in total. The van der Waals surface area contributed by atoms with Gasteiger partial charge >= 0.3 is 0 Å². The second kappa shape index (κ2) is 5.17. The van der Waals surface area contributed by atoms with Gasteiger partial charge in [-0.25, -0.2) is 0 Å². The minimum atomic E-state index is 1.02. The Morgan fingerprint density at radius 1 is 1.12 bits per heavy atom. The van der Waals surface area contributed by atoms with E-state index in [0.29, 0.717) is 0 Å². The second-order valence-electron chi connectivity index (χ2n) is 4.41. The predicted molar refractivity (Wildman–Crippen MR) is 70.0 cm³/mol. The van der Waals surface area contributed by atoms with Gasteiger partial charge in [-0.15, -0.1) is 6.58 Å². The van der Waals surface area contributed by atoms with E-state index in [-0.39, 0.29) is 0 Å². The molecule has 1 saturated heterocycles. The summed E-state index contributed by atoms with van der Waals surface area (Å²) in [5.41, 5.74) is 2.68. The van der Waals surface area contributed by atoms with Gasteiger partial charge < -0.3 is 4.90 Å². The predicted octanol–water partition coefficient (Wildman–Crippen LogP) is 2.30. The lowest BCUT2D eigenvalue weighted by molar-refractivity contribution is 0.284. The van der Waals surface area contributed by atoms with E-state index in [1.165, 1.54) is 11.3 Å². The average molecular weight is 216 g/mol. The van der Waals surface area contributed by atoms with Crippen LogP contribution in [0.2, 0.25) is 0 Å². The Balaban J connectivity index is 1.93. The Morgan fingerprint density at radius 2 is 1.75 bits per heavy atom. The first-order valence-corrected chi connectivity index (χ1v) is 5.94. The molecule has 0 saturated carbocycles. The van der Waals surface area contributed by atoms with Crippen molar-refractivity contribution >= 4 is 5.69 Å². The number of piperazine rings is 1. The molecule has 1 aromatic carbocycles. The molecule has 2 heteroatoms. The van der Waals surface area contributed by atoms with E-state index in [1.54, 1.807) is 0 Å². The van der Waals surface area contributed by atoms with E-state index in [2.05, 4.69) is 47.6 Å². The smallest absolute Gasteiger partial charge is 0.0367 e. The molecule has 0 N–H and O–H groups in total. The molecule has 0 unspecified atom stereocenters. The zero-order valence-electron chi connectivity index (χ0n) is 10.0. The lowest BCUT2D eigenvalue weighted by Gasteiger charge is -2.35. The third kappa shape index (κ3) is 2.64. The van der Waals surface area contributed by atoms with Crippen molar-refractivity contribution < 1.29 is 0 Å². The fourth-order valence-corrected chi connectivity index (χ4v) is 2.13. The molecule has 86 valence electrons. The van der Waals surface area contributed by atoms with Crippen LogP contribution in [-0.4, -0.2) is 37.6 Å². The van der Waals surface area contributed by atoms with Gasteiger partial charge in [-0.1, -0.05) is 23.8 Å². The van der Waals surface area contributed by atoms with Crippen molar-refractivity contribution in [3.63, 3.8) is 0 Å². The normalized spacial score (nSPS) is 17.4. The minimum Gasteiger partial charge on any atom is -0.369 e. The molecular weight excluding hydrogens is 196 g/mol. The van der Waals surface area contributed by atoms with E-state index in [0.717, 1.165) is 32.7 Å². The van der Waals surface area contributed by atoms with Gasteiger partial charge in [0.2, 0.25) is 0 Å². The molecule has 0 radical (unpaired) electrons. The summed E-state index contributed by atoms with van der Waals surface area (Å²) in [7, 11) is 0. The first kappa shape index (κ1) is 11.2. The largest absolute Gasteiger partial charge is 0.369 e. The Morgan fingerprint density at radius 3 is 2.31 bits per heavy atom. The van der Waals surface area contributed by atoms with Gasteiger partial charge in [0.15, 0.2) is 0 Å². The summed E-state index contributed by atoms with van der Waals surface area (Å²) in [5.74, 6) is 0. The molecule has 0 aliphatic carbocycles. The van der Waals surface area contributed by atoms with E-state index >= 15 is 0 Å². The van der Waals surface area contributed by atoms with Crippen molar-refractivity contribution in [2.45, 2.75) is 6.92 Å². The van der Waals surface area contributed by atoms with E-state index in [1.807, 2.05) is 6.08 Å². The standard InChI is InChI=1S/C14H20N2/c1-3-8-15-9-11-16(12-10-15)14-6-4-13(2)5-7-14/h3-7H,1,8-12H2,2H3. The Bertz CT molecular complexity index is 334. The summed E-state index contributed by atoms with van der Waals surface area (Å²) in [6.45, 7) is 11.5. The summed E-state index contributed by atoms with van der Waals surface area (Å²) in [5, 5.41) is 0. The summed E-state index contributed by atoms with van der Waals surface area (Å²) in [4.78, 5) is 4.90. The Labute approximate surface area is 98.2 Å². The molecule has 1 aromatic rings. The van der Waals surface area contributed by atoms with Crippen LogP contribution in [0.15, 0.2) is 36.9 Å². The van der Waals surface area contributed by atoms with Gasteiger partial charge in [-0.05, 0) is 19.1 Å². The number of nitrogens with zero attached hydrogens (tertiary/aromatic N) is 2. The second-order valence-corrected chi connectivity index (χ2v) is 4.41. The molecule has 1 fully saturated rings. The number of anilines is 1. The fourth-order valence-electron chi connectivity index (χ4n) is 2.13. The summed E-state index contributed by atoms with van der Waals surface area (Å²) >= 11 is 0. The monoisotopic (exact) mass is 216 g/mol. The first-order chi connectivity index (χ1) is 7.79. The van der Waals surface area contributed by atoms with Crippen LogP contribution in [0.5, 0.6) is 0 Å². The highest BCUT2D eigenvalue weighted by Crippen LogP contribution is 2.16. The van der Waals surface area contributed by atoms with Crippen LogP contribution >= 0.6 is 0 Å². The zero-order chi connectivity index (χ0) is 11.4. The quantitative estimate of drug-likeness (QED) is 0.715. The molecule has 2 rings (SSSR count). The molecule has 0 spiro atoms. The number of hydrogen-bond donors (Lipinski definition) is 0. The van der Waals surface area contributed by atoms with E-state index < -0.39 is 0 Å². The van der Waals surface area contributed by atoms with Gasteiger partial charge in [0.25, 0.3) is 0 Å². The van der Waals surface area contributed by atoms with Gasteiger partial charge in [0.1, 0.15) is 0 Å². The number of rotatable bonds is 3. The van der Waals surface area contributed by atoms with Gasteiger partial charge in [0.05, 0.1) is 0 Å². The van der Waals surface area contributed by atoms with E-state index in [9.17, 15) is 0 Å². The molecule has 16 heavy (non-hydrogen) atoms. The molecule has 0 aromatic heterocycles. The van der Waals surface area contributed by atoms with Crippen LogP contribution in [0.1, 0.15) is 5.56 Å². The zero-order valence-corrected chi connectivity index (χ0v) is 10.0. The molecule has 0 amide bonds. The molecular formula is C14H20N2. The van der Waals surface area contributed by atoms with Crippen molar-refractivity contribution in [2.24, 2.45) is 0 Å². The highest BCUT2D eigenvalue weighted by molar-refractivity contribution is 5.47. The molecule has 0 bridgehead atoms. The maximum atomic E-state index is 3.79. The summed E-state index contributed by atoms with van der Waals surface area (Å²) < 4.78 is 0. The van der Waals surface area contributed by atoms with Crippen molar-refractivity contribution in [3.05, 3.63) is 42.5 Å². The summed E-state index contributed by atoms with van der Waals surface area (Å²) in [6.07, 6.45) is 1.99. The van der Waals surface area contributed by atoms with Crippen LogP contribution in [0.3, 0.4) is 0 Å². The summed E-state index contributed by atoms with van der Waals surface area (Å²) in [6, 6.07) is 8.81. The van der Waals surface area contributed by atoms with Crippen molar-refractivity contribution in [3.8, 4) is 0 Å². The number of hydrogen-bond acceptors (Lipinski definition) is 2. The van der Waals surface area contributed by atoms with E-state index in [4.69, 9.17) is 0 Å². The fraction of sp³-hybridized carbons (Fsp3) is 0.429. The molecule has 1 aliphatic heterocycles. The number of benzene rings is 1. The molecule has 1 aliphatic rings. The SMILES string of the molecule is C=CCN1CCN(c2ccc(C)cc2)CC1. The number of aryl methyl sites for hydroxylation is 1. The Kier molecular flexibility index (Phi) is 3.62. The lowest BCUT2D eigenvalue weighted by atomic mass is 10.2. The van der Waals surface area contributed by atoms with Crippen LogP contribution in [0, 0.1) is 6.92 Å². The first-order valence-electron chi connectivity index (χ1n) is 5.94. The van der Waals surface area contributed by atoms with Gasteiger partial charge in [0, 0.05) is 38.4 Å². The molecule has 1 heterocycles. The third-order valence-corrected chi connectivity index (χ3v) is 3.16. The average Bonchev–Trinajstić information content (AvgIpc) is 2.32. The van der Waals surface area contributed by atoms with Crippen LogP contribution in [-0.2, 0) is 0 Å². The van der Waals surface area contributed by atoms with Crippen LogP contribution < -0.4 is 4.90 Å². The van der Waals surface area contributed by atoms with Crippen molar-refractivity contribution in [2.75, 3.05) is 37.6 Å². The van der Waals surface area contributed by atoms with Gasteiger partial charge in [-0.2, -0.15) is 0 Å². The minimum absolute atomic E-state index is 1.02. The highest BCUT2D eigenvalue weighted by atomic mass is 15.3. The van der Waals surface area contributed by atoms with Crippen LogP contribution in [0.4, 0.5) is 5.69 Å². The van der Waals surface area contributed by atoms with Gasteiger partial charge in [-0.3, -0.25) is 4.90 Å². The lowest BCUT2D eigenvalue weighted by Crippen LogP contribution is -2.46. The highest BCUT2D eigenvalue weighted by Gasteiger charge is 2.15. The topological polar surface area (TPSA) is 6.48 Å². The maximum Gasteiger partial charge on any atom is 0.0367 e. The Hall–Kier alpha value is -1.28. The van der Waals surface area contributed by atoms with Crippen molar-refractivity contribution in [1.82, 2.24) is 4.90 Å². The maximum absolute atomic E-state index is 3.79.